The number of thioether (sulfide) groups is 1. The highest BCUT2D eigenvalue weighted by Crippen LogP contribution is 2.27. The van der Waals surface area contributed by atoms with Crippen LogP contribution in [0.5, 0.6) is 0 Å². The van der Waals surface area contributed by atoms with E-state index in [1.165, 1.54) is 19.3 Å². The van der Waals surface area contributed by atoms with Gasteiger partial charge in [0.15, 0.2) is 0 Å². The van der Waals surface area contributed by atoms with Crippen molar-refractivity contribution in [3.8, 4) is 0 Å². The fourth-order valence-electron chi connectivity index (χ4n) is 1.54. The molecule has 0 radical (unpaired) electrons. The van der Waals surface area contributed by atoms with E-state index in [-0.39, 0.29) is 0 Å². The fourth-order valence-corrected chi connectivity index (χ4v) is 2.54. The van der Waals surface area contributed by atoms with Gasteiger partial charge in [-0.2, -0.15) is 11.8 Å². The molecule has 2 atom stereocenters. The summed E-state index contributed by atoms with van der Waals surface area (Å²) in [6, 6.07) is 0.792. The lowest BCUT2D eigenvalue weighted by molar-refractivity contribution is 0.592. The number of nitrogens with one attached hydrogen (secondary N) is 1. The molecular formula is C7H15NS. The molecule has 0 aromatic rings. The largest absolute Gasteiger partial charge is 0.316 e. The van der Waals surface area contributed by atoms with Crippen molar-refractivity contribution in [2.75, 3.05) is 13.3 Å². The second-order valence-electron chi connectivity index (χ2n) is 2.60. The van der Waals surface area contributed by atoms with E-state index in [1.54, 1.807) is 0 Å². The Bertz CT molecular complexity index is 75.0. The molecule has 1 rings (SSSR count). The van der Waals surface area contributed by atoms with Crippen molar-refractivity contribution in [2.45, 2.75) is 30.6 Å². The molecule has 0 saturated heterocycles. The monoisotopic (exact) mass is 145 g/mol. The van der Waals surface area contributed by atoms with E-state index in [0.717, 1.165) is 11.3 Å². The Morgan fingerprint density at radius 1 is 1.44 bits per heavy atom. The summed E-state index contributed by atoms with van der Waals surface area (Å²) in [7, 11) is 2.07. The highest BCUT2D eigenvalue weighted by molar-refractivity contribution is 7.99. The van der Waals surface area contributed by atoms with Crippen molar-refractivity contribution in [3.05, 3.63) is 0 Å². The normalized spacial score (nSPS) is 35.3. The average molecular weight is 145 g/mol. The SMILES string of the molecule is CN[C@@H]1CCC[C@@H]1SC. The van der Waals surface area contributed by atoms with Crippen LogP contribution in [0.25, 0.3) is 0 Å². The van der Waals surface area contributed by atoms with Gasteiger partial charge in [-0.15, -0.1) is 0 Å². The molecule has 1 saturated carbocycles. The molecule has 2 heteroatoms. The first-order valence-electron chi connectivity index (χ1n) is 3.58. The molecule has 0 heterocycles. The number of hydrogen-bond acceptors (Lipinski definition) is 2. The Morgan fingerprint density at radius 2 is 2.22 bits per heavy atom. The molecule has 0 amide bonds. The molecule has 0 spiro atoms. The van der Waals surface area contributed by atoms with Gasteiger partial charge in [0.25, 0.3) is 0 Å². The molecule has 9 heavy (non-hydrogen) atoms. The Hall–Kier alpha value is 0.310. The predicted octanol–water partition coefficient (Wildman–Crippen LogP) is 1.49. The second-order valence-corrected chi connectivity index (χ2v) is 3.68. The summed E-state index contributed by atoms with van der Waals surface area (Å²) >= 11 is 2.00. The van der Waals surface area contributed by atoms with Crippen molar-refractivity contribution in [1.82, 2.24) is 5.32 Å². The first kappa shape index (κ1) is 7.42. The van der Waals surface area contributed by atoms with Gasteiger partial charge in [0.05, 0.1) is 0 Å². The molecule has 1 fully saturated rings. The second kappa shape index (κ2) is 3.47. The average Bonchev–Trinajstić information content (AvgIpc) is 2.33. The van der Waals surface area contributed by atoms with Gasteiger partial charge in [-0.1, -0.05) is 6.42 Å². The molecule has 0 aliphatic heterocycles. The van der Waals surface area contributed by atoms with E-state index in [1.807, 2.05) is 11.8 Å². The van der Waals surface area contributed by atoms with Crippen LogP contribution >= 0.6 is 11.8 Å². The zero-order valence-corrected chi connectivity index (χ0v) is 7.00. The quantitative estimate of drug-likeness (QED) is 0.632. The smallest absolute Gasteiger partial charge is 0.0198 e. The lowest BCUT2D eigenvalue weighted by Gasteiger charge is -2.15. The lowest BCUT2D eigenvalue weighted by atomic mass is 10.2. The Labute approximate surface area is 61.6 Å². The Balaban J connectivity index is 2.32. The molecule has 0 unspecified atom stereocenters. The maximum atomic E-state index is 3.34. The molecule has 0 bridgehead atoms. The van der Waals surface area contributed by atoms with Crippen LogP contribution < -0.4 is 5.32 Å². The molecule has 1 N–H and O–H groups in total. The summed E-state index contributed by atoms with van der Waals surface area (Å²) in [5.74, 6) is 0. The Kier molecular flexibility index (Phi) is 2.86. The van der Waals surface area contributed by atoms with E-state index in [9.17, 15) is 0 Å². The van der Waals surface area contributed by atoms with Gasteiger partial charge >= 0.3 is 0 Å². The summed E-state index contributed by atoms with van der Waals surface area (Å²) in [5, 5.41) is 4.23. The topological polar surface area (TPSA) is 12.0 Å². The zero-order valence-electron chi connectivity index (χ0n) is 6.18. The highest BCUT2D eigenvalue weighted by atomic mass is 32.2. The van der Waals surface area contributed by atoms with Crippen LogP contribution in [0.15, 0.2) is 0 Å². The maximum absolute atomic E-state index is 3.34. The van der Waals surface area contributed by atoms with Crippen LogP contribution in [-0.2, 0) is 0 Å². The summed E-state index contributed by atoms with van der Waals surface area (Å²) < 4.78 is 0. The zero-order chi connectivity index (χ0) is 6.69. The summed E-state index contributed by atoms with van der Waals surface area (Å²) in [4.78, 5) is 0. The molecule has 0 aromatic heterocycles. The van der Waals surface area contributed by atoms with Crippen LogP contribution in [0, 0.1) is 0 Å². The van der Waals surface area contributed by atoms with E-state index in [2.05, 4.69) is 18.6 Å². The van der Waals surface area contributed by atoms with Gasteiger partial charge < -0.3 is 5.32 Å². The molecule has 1 aliphatic carbocycles. The molecular weight excluding hydrogens is 130 g/mol. The van der Waals surface area contributed by atoms with Gasteiger partial charge in [0, 0.05) is 11.3 Å². The van der Waals surface area contributed by atoms with Crippen molar-refractivity contribution >= 4 is 11.8 Å². The van der Waals surface area contributed by atoms with Crippen LogP contribution in [0.4, 0.5) is 0 Å². The minimum Gasteiger partial charge on any atom is -0.316 e. The number of rotatable bonds is 2. The predicted molar refractivity (Wildman–Crippen MR) is 44.0 cm³/mol. The van der Waals surface area contributed by atoms with E-state index < -0.39 is 0 Å². The van der Waals surface area contributed by atoms with Crippen LogP contribution in [0.2, 0.25) is 0 Å². The first-order chi connectivity index (χ1) is 4.38. The minimum absolute atomic E-state index is 0.792. The van der Waals surface area contributed by atoms with Crippen molar-refractivity contribution < 1.29 is 0 Å². The van der Waals surface area contributed by atoms with Crippen LogP contribution in [0.3, 0.4) is 0 Å². The van der Waals surface area contributed by atoms with E-state index >= 15 is 0 Å². The van der Waals surface area contributed by atoms with E-state index in [4.69, 9.17) is 0 Å². The summed E-state index contributed by atoms with van der Waals surface area (Å²) in [6.07, 6.45) is 6.41. The Morgan fingerprint density at radius 3 is 2.67 bits per heavy atom. The lowest BCUT2D eigenvalue weighted by Crippen LogP contribution is -2.30. The van der Waals surface area contributed by atoms with Gasteiger partial charge in [-0.3, -0.25) is 0 Å². The molecule has 1 nitrogen and oxygen atoms in total. The van der Waals surface area contributed by atoms with Crippen molar-refractivity contribution in [2.24, 2.45) is 0 Å². The summed E-state index contributed by atoms with van der Waals surface area (Å²) in [5.41, 5.74) is 0. The molecule has 0 aromatic carbocycles. The highest BCUT2D eigenvalue weighted by Gasteiger charge is 2.24. The van der Waals surface area contributed by atoms with Gasteiger partial charge in [-0.05, 0) is 26.1 Å². The van der Waals surface area contributed by atoms with Crippen LogP contribution in [-0.4, -0.2) is 24.6 Å². The van der Waals surface area contributed by atoms with Crippen molar-refractivity contribution in [3.63, 3.8) is 0 Å². The third kappa shape index (κ3) is 1.62. The van der Waals surface area contributed by atoms with Gasteiger partial charge in [0.2, 0.25) is 0 Å². The third-order valence-corrected chi connectivity index (χ3v) is 3.30. The molecule has 1 aliphatic rings. The maximum Gasteiger partial charge on any atom is 0.0198 e. The van der Waals surface area contributed by atoms with E-state index in [0.29, 0.717) is 0 Å². The summed E-state index contributed by atoms with van der Waals surface area (Å²) in [6.45, 7) is 0. The minimum atomic E-state index is 0.792. The van der Waals surface area contributed by atoms with Gasteiger partial charge in [0.1, 0.15) is 0 Å². The van der Waals surface area contributed by atoms with Gasteiger partial charge in [-0.25, -0.2) is 0 Å². The standard InChI is InChI=1S/C7H15NS/c1-8-6-4-3-5-7(6)9-2/h6-8H,3-5H2,1-2H3/t6-,7+/m1/s1. The fraction of sp³-hybridized carbons (Fsp3) is 1.00. The molecule has 54 valence electrons. The third-order valence-electron chi connectivity index (χ3n) is 2.13. The van der Waals surface area contributed by atoms with Crippen molar-refractivity contribution in [1.29, 1.82) is 0 Å². The van der Waals surface area contributed by atoms with Crippen LogP contribution in [0.1, 0.15) is 19.3 Å². The number of hydrogen-bond donors (Lipinski definition) is 1. The first-order valence-corrected chi connectivity index (χ1v) is 4.87.